The van der Waals surface area contributed by atoms with E-state index >= 15 is 0 Å². The maximum absolute atomic E-state index is 11.9. The predicted molar refractivity (Wildman–Crippen MR) is 69.8 cm³/mol. The summed E-state index contributed by atoms with van der Waals surface area (Å²) < 4.78 is 0. The van der Waals surface area contributed by atoms with E-state index in [1.807, 2.05) is 0 Å². The maximum Gasteiger partial charge on any atom is 0.221 e. The molecule has 0 bridgehead atoms. The Morgan fingerprint density at radius 1 is 1.24 bits per heavy atom. The summed E-state index contributed by atoms with van der Waals surface area (Å²) in [6.45, 7) is 3.26. The Balaban J connectivity index is 1.69. The second-order valence-electron chi connectivity index (χ2n) is 5.75. The van der Waals surface area contributed by atoms with Crippen molar-refractivity contribution in [3.63, 3.8) is 0 Å². The largest absolute Gasteiger partial charge is 0.353 e. The maximum atomic E-state index is 11.9. The second kappa shape index (κ2) is 6.39. The molecule has 1 saturated carbocycles. The molecule has 1 aliphatic heterocycles. The molecule has 3 nitrogen and oxygen atoms in total. The van der Waals surface area contributed by atoms with Crippen molar-refractivity contribution >= 4 is 5.91 Å². The number of amides is 1. The van der Waals surface area contributed by atoms with Gasteiger partial charge in [-0.05, 0) is 45.1 Å². The van der Waals surface area contributed by atoms with Crippen molar-refractivity contribution in [3.8, 4) is 0 Å². The minimum Gasteiger partial charge on any atom is -0.353 e. The van der Waals surface area contributed by atoms with E-state index in [2.05, 4.69) is 17.6 Å². The molecule has 98 valence electrons. The zero-order valence-corrected chi connectivity index (χ0v) is 11.0. The number of carbonyl (C=O) groups excluding carboxylic acids is 1. The van der Waals surface area contributed by atoms with Crippen molar-refractivity contribution < 1.29 is 4.79 Å². The summed E-state index contributed by atoms with van der Waals surface area (Å²) >= 11 is 0. The van der Waals surface area contributed by atoms with E-state index in [0.29, 0.717) is 24.4 Å². The highest BCUT2D eigenvalue weighted by molar-refractivity contribution is 5.76. The van der Waals surface area contributed by atoms with Crippen LogP contribution in [-0.4, -0.2) is 24.5 Å². The molecule has 1 amide bonds. The second-order valence-corrected chi connectivity index (χ2v) is 5.75. The standard InChI is InChI=1S/C14H26N2O/c1-11(12-6-3-2-4-7-12)16-14(17)10-13-8-5-9-15-13/h11-13,15H,2-10H2,1H3,(H,16,17). The van der Waals surface area contributed by atoms with Gasteiger partial charge in [0.1, 0.15) is 0 Å². The molecule has 3 heteroatoms. The third kappa shape index (κ3) is 3.98. The van der Waals surface area contributed by atoms with Crippen LogP contribution in [0.2, 0.25) is 0 Å². The topological polar surface area (TPSA) is 41.1 Å². The molecular formula is C14H26N2O. The zero-order valence-electron chi connectivity index (χ0n) is 11.0. The third-order valence-electron chi connectivity index (χ3n) is 4.34. The highest BCUT2D eigenvalue weighted by atomic mass is 16.1. The molecule has 2 fully saturated rings. The van der Waals surface area contributed by atoms with Gasteiger partial charge in [-0.1, -0.05) is 19.3 Å². The molecule has 2 rings (SSSR count). The number of nitrogens with one attached hydrogen (secondary N) is 2. The number of hydrogen-bond donors (Lipinski definition) is 2. The van der Waals surface area contributed by atoms with Gasteiger partial charge in [0.15, 0.2) is 0 Å². The molecule has 2 atom stereocenters. The molecule has 0 aromatic heterocycles. The normalized spacial score (nSPS) is 27.9. The first kappa shape index (κ1) is 12.9. The Kier molecular flexibility index (Phi) is 4.84. The Morgan fingerprint density at radius 2 is 2.00 bits per heavy atom. The molecule has 0 spiro atoms. The first-order valence-electron chi connectivity index (χ1n) is 7.28. The van der Waals surface area contributed by atoms with Crippen LogP contribution in [0.25, 0.3) is 0 Å². The predicted octanol–water partition coefficient (Wildman–Crippen LogP) is 2.21. The summed E-state index contributed by atoms with van der Waals surface area (Å²) in [5, 5.41) is 6.58. The molecule has 17 heavy (non-hydrogen) atoms. The van der Waals surface area contributed by atoms with Gasteiger partial charge in [0.05, 0.1) is 0 Å². The molecule has 1 heterocycles. The van der Waals surface area contributed by atoms with Crippen molar-refractivity contribution in [2.45, 2.75) is 70.4 Å². The first-order chi connectivity index (χ1) is 8.25. The van der Waals surface area contributed by atoms with Crippen LogP contribution in [0.5, 0.6) is 0 Å². The van der Waals surface area contributed by atoms with Gasteiger partial charge in [-0.2, -0.15) is 0 Å². The number of carbonyl (C=O) groups is 1. The average molecular weight is 238 g/mol. The molecule has 1 aliphatic carbocycles. The third-order valence-corrected chi connectivity index (χ3v) is 4.34. The van der Waals surface area contributed by atoms with Crippen molar-refractivity contribution in [1.29, 1.82) is 0 Å². The van der Waals surface area contributed by atoms with Gasteiger partial charge in [0.25, 0.3) is 0 Å². The van der Waals surface area contributed by atoms with E-state index in [4.69, 9.17) is 0 Å². The monoisotopic (exact) mass is 238 g/mol. The Morgan fingerprint density at radius 3 is 2.65 bits per heavy atom. The van der Waals surface area contributed by atoms with E-state index < -0.39 is 0 Å². The Hall–Kier alpha value is -0.570. The van der Waals surface area contributed by atoms with Crippen LogP contribution in [0.4, 0.5) is 0 Å². The van der Waals surface area contributed by atoms with Crippen molar-refractivity contribution in [2.75, 3.05) is 6.54 Å². The van der Waals surface area contributed by atoms with Crippen LogP contribution in [0.15, 0.2) is 0 Å². The van der Waals surface area contributed by atoms with E-state index in [1.165, 1.54) is 38.5 Å². The van der Waals surface area contributed by atoms with E-state index in [-0.39, 0.29) is 5.91 Å². The summed E-state index contributed by atoms with van der Waals surface area (Å²) in [6.07, 6.45) is 9.69. The lowest BCUT2D eigenvalue weighted by Crippen LogP contribution is -2.41. The van der Waals surface area contributed by atoms with Crippen molar-refractivity contribution in [3.05, 3.63) is 0 Å². The van der Waals surface area contributed by atoms with E-state index in [1.54, 1.807) is 0 Å². The van der Waals surface area contributed by atoms with Gasteiger partial charge in [-0.15, -0.1) is 0 Å². The van der Waals surface area contributed by atoms with E-state index in [9.17, 15) is 4.79 Å². The smallest absolute Gasteiger partial charge is 0.221 e. The fraction of sp³-hybridized carbons (Fsp3) is 0.929. The Labute approximate surface area is 105 Å². The van der Waals surface area contributed by atoms with Crippen LogP contribution in [0, 0.1) is 5.92 Å². The van der Waals surface area contributed by atoms with E-state index in [0.717, 1.165) is 13.0 Å². The molecule has 1 saturated heterocycles. The summed E-state index contributed by atoms with van der Waals surface area (Å²) in [7, 11) is 0. The first-order valence-corrected chi connectivity index (χ1v) is 7.28. The van der Waals surface area contributed by atoms with Gasteiger partial charge in [-0.25, -0.2) is 0 Å². The molecule has 2 aliphatic rings. The lowest BCUT2D eigenvalue weighted by Gasteiger charge is -2.28. The van der Waals surface area contributed by atoms with Gasteiger partial charge < -0.3 is 10.6 Å². The fourth-order valence-electron chi connectivity index (χ4n) is 3.22. The number of hydrogen-bond acceptors (Lipinski definition) is 2. The van der Waals surface area contributed by atoms with Crippen LogP contribution in [-0.2, 0) is 4.79 Å². The van der Waals surface area contributed by atoms with Crippen LogP contribution >= 0.6 is 0 Å². The number of rotatable bonds is 4. The summed E-state index contributed by atoms with van der Waals surface area (Å²) in [5.74, 6) is 0.951. The molecule has 0 radical (unpaired) electrons. The highest BCUT2D eigenvalue weighted by Gasteiger charge is 2.23. The van der Waals surface area contributed by atoms with Crippen LogP contribution in [0.3, 0.4) is 0 Å². The van der Waals surface area contributed by atoms with Gasteiger partial charge in [0.2, 0.25) is 5.91 Å². The van der Waals surface area contributed by atoms with Crippen molar-refractivity contribution in [1.82, 2.24) is 10.6 Å². The van der Waals surface area contributed by atoms with Crippen LogP contribution < -0.4 is 10.6 Å². The van der Waals surface area contributed by atoms with Crippen LogP contribution in [0.1, 0.15) is 58.3 Å². The lowest BCUT2D eigenvalue weighted by molar-refractivity contribution is -0.122. The minimum atomic E-state index is 0.238. The molecular weight excluding hydrogens is 212 g/mol. The average Bonchev–Trinajstić information content (AvgIpc) is 2.82. The van der Waals surface area contributed by atoms with Crippen molar-refractivity contribution in [2.24, 2.45) is 5.92 Å². The van der Waals surface area contributed by atoms with Gasteiger partial charge in [-0.3, -0.25) is 4.79 Å². The molecule has 2 N–H and O–H groups in total. The quantitative estimate of drug-likeness (QED) is 0.788. The summed E-state index contributed by atoms with van der Waals surface area (Å²) in [5.41, 5.74) is 0. The minimum absolute atomic E-state index is 0.238. The Bertz CT molecular complexity index is 243. The SMILES string of the molecule is CC(NC(=O)CC1CCCN1)C1CCCCC1. The zero-order chi connectivity index (χ0) is 12.1. The fourth-order valence-corrected chi connectivity index (χ4v) is 3.22. The molecule has 2 unspecified atom stereocenters. The van der Waals surface area contributed by atoms with Gasteiger partial charge in [0, 0.05) is 18.5 Å². The lowest BCUT2D eigenvalue weighted by atomic mass is 9.84. The van der Waals surface area contributed by atoms with Gasteiger partial charge >= 0.3 is 0 Å². The molecule has 0 aromatic rings. The summed E-state index contributed by atoms with van der Waals surface area (Å²) in [6, 6.07) is 0.790. The molecule has 0 aromatic carbocycles. The highest BCUT2D eigenvalue weighted by Crippen LogP contribution is 2.26. The summed E-state index contributed by atoms with van der Waals surface area (Å²) in [4.78, 5) is 11.9.